The molecule has 7 heteroatoms. The molecule has 0 aromatic heterocycles. The molecule has 1 unspecified atom stereocenters. The van der Waals surface area contributed by atoms with E-state index in [9.17, 15) is 8.42 Å². The van der Waals surface area contributed by atoms with E-state index in [1.54, 1.807) is 24.3 Å². The number of nitrogens with one attached hydrogen (secondary N) is 1. The predicted molar refractivity (Wildman–Crippen MR) is 74.7 cm³/mol. The Kier molecular flexibility index (Phi) is 4.60. The number of nitriles is 1. The van der Waals surface area contributed by atoms with Gasteiger partial charge >= 0.3 is 0 Å². The van der Waals surface area contributed by atoms with E-state index in [0.29, 0.717) is 0 Å². The molecule has 1 aliphatic rings. The fourth-order valence-electron chi connectivity index (χ4n) is 2.02. The largest absolute Gasteiger partial charge is 0.385 e. The number of morpholine rings is 1. The monoisotopic (exact) mass is 295 g/mol. The molecule has 0 aliphatic carbocycles. The molecule has 1 aromatic carbocycles. The van der Waals surface area contributed by atoms with Crippen molar-refractivity contribution >= 4 is 15.7 Å². The van der Waals surface area contributed by atoms with E-state index in [0.717, 1.165) is 12.2 Å². The Morgan fingerprint density at radius 1 is 1.45 bits per heavy atom. The molecule has 1 aliphatic heterocycles. The molecule has 2 rings (SSSR count). The molecule has 0 spiro atoms. The predicted octanol–water partition coefficient (Wildman–Crippen LogP) is 1.03. The summed E-state index contributed by atoms with van der Waals surface area (Å²) in [5, 5.41) is 11.9. The Bertz CT molecular complexity index is 592. The van der Waals surface area contributed by atoms with Crippen molar-refractivity contribution in [3.8, 4) is 6.07 Å². The van der Waals surface area contributed by atoms with Gasteiger partial charge in [0.2, 0.25) is 10.0 Å². The summed E-state index contributed by atoms with van der Waals surface area (Å²) in [5.74, 6) is 0. The molecule has 6 nitrogen and oxygen atoms in total. The summed E-state index contributed by atoms with van der Waals surface area (Å²) in [6.07, 6.45) is -0.695. The van der Waals surface area contributed by atoms with Crippen LogP contribution >= 0.6 is 0 Å². The summed E-state index contributed by atoms with van der Waals surface area (Å²) in [5.41, 5.74) is 0.878. The smallest absolute Gasteiger partial charge is 0.243 e. The van der Waals surface area contributed by atoms with Crippen molar-refractivity contribution in [2.75, 3.05) is 31.6 Å². The first kappa shape index (κ1) is 14.8. The van der Waals surface area contributed by atoms with Crippen LogP contribution in [0.1, 0.15) is 6.92 Å². The molecule has 20 heavy (non-hydrogen) atoms. The number of benzene rings is 1. The summed E-state index contributed by atoms with van der Waals surface area (Å²) in [6, 6.07) is 8.56. The van der Waals surface area contributed by atoms with Gasteiger partial charge in [-0.05, 0) is 31.2 Å². The van der Waals surface area contributed by atoms with Crippen LogP contribution in [-0.4, -0.2) is 45.1 Å². The first-order chi connectivity index (χ1) is 9.57. The van der Waals surface area contributed by atoms with Crippen molar-refractivity contribution in [3.63, 3.8) is 0 Å². The van der Waals surface area contributed by atoms with Crippen LogP contribution in [0.25, 0.3) is 0 Å². The zero-order valence-corrected chi connectivity index (χ0v) is 12.1. The molecular formula is C13H17N3O3S. The minimum Gasteiger partial charge on any atom is -0.385 e. The zero-order valence-electron chi connectivity index (χ0n) is 11.2. The Hall–Kier alpha value is -1.62. The maximum atomic E-state index is 12.5. The quantitative estimate of drug-likeness (QED) is 0.897. The lowest BCUT2D eigenvalue weighted by atomic mass is 10.3. The molecule has 1 aromatic rings. The summed E-state index contributed by atoms with van der Waals surface area (Å²) in [6.45, 7) is 3.34. The Morgan fingerprint density at radius 3 is 2.75 bits per heavy atom. The molecule has 0 amide bonds. The Balaban J connectivity index is 2.19. The van der Waals surface area contributed by atoms with E-state index < -0.39 is 16.1 Å². The molecule has 1 atom stereocenters. The Morgan fingerprint density at radius 2 is 2.15 bits per heavy atom. The van der Waals surface area contributed by atoms with Gasteiger partial charge in [0, 0.05) is 18.8 Å². The normalized spacial score (nSPS) is 20.3. The number of rotatable bonds is 4. The second kappa shape index (κ2) is 6.22. The second-order valence-corrected chi connectivity index (χ2v) is 6.34. The molecule has 1 saturated heterocycles. The van der Waals surface area contributed by atoms with E-state index in [1.807, 2.05) is 13.0 Å². The minimum absolute atomic E-state index is 0.0772. The van der Waals surface area contributed by atoms with E-state index in [4.69, 9.17) is 10.00 Å². The van der Waals surface area contributed by atoms with Gasteiger partial charge in [0.25, 0.3) is 0 Å². The topological polar surface area (TPSA) is 82.4 Å². The van der Waals surface area contributed by atoms with Crippen molar-refractivity contribution < 1.29 is 13.2 Å². The molecular weight excluding hydrogens is 278 g/mol. The van der Waals surface area contributed by atoms with Crippen molar-refractivity contribution in [3.05, 3.63) is 24.3 Å². The highest BCUT2D eigenvalue weighted by Crippen LogP contribution is 2.20. The van der Waals surface area contributed by atoms with Crippen molar-refractivity contribution in [1.29, 1.82) is 5.26 Å². The third kappa shape index (κ3) is 3.10. The summed E-state index contributed by atoms with van der Waals surface area (Å²) in [7, 11) is -3.56. The lowest BCUT2D eigenvalue weighted by Crippen LogP contribution is -2.44. The van der Waals surface area contributed by atoms with Crippen molar-refractivity contribution in [2.45, 2.75) is 17.9 Å². The van der Waals surface area contributed by atoms with E-state index in [-0.39, 0.29) is 24.6 Å². The maximum absolute atomic E-state index is 12.5. The Labute approximate surface area is 119 Å². The third-order valence-corrected chi connectivity index (χ3v) is 4.93. The van der Waals surface area contributed by atoms with Crippen LogP contribution in [0.4, 0.5) is 5.69 Å². The standard InChI is InChI=1S/C13H17N3O3S/c1-2-15-11-3-5-13(6-4-11)20(17,18)16-7-8-19-12(9-14)10-16/h3-6,12,15H,2,7-8,10H2,1H3. The lowest BCUT2D eigenvalue weighted by molar-refractivity contribution is 0.0311. The van der Waals surface area contributed by atoms with Gasteiger partial charge in [-0.1, -0.05) is 0 Å². The van der Waals surface area contributed by atoms with Crippen LogP contribution in [0.2, 0.25) is 0 Å². The number of hydrogen-bond donors (Lipinski definition) is 1. The van der Waals surface area contributed by atoms with Gasteiger partial charge in [0.05, 0.1) is 24.1 Å². The van der Waals surface area contributed by atoms with Gasteiger partial charge in [-0.3, -0.25) is 0 Å². The van der Waals surface area contributed by atoms with Crippen LogP contribution in [0.5, 0.6) is 0 Å². The molecule has 108 valence electrons. The van der Waals surface area contributed by atoms with Gasteiger partial charge in [0.15, 0.2) is 6.10 Å². The van der Waals surface area contributed by atoms with Gasteiger partial charge in [-0.15, -0.1) is 0 Å². The maximum Gasteiger partial charge on any atom is 0.243 e. The zero-order chi connectivity index (χ0) is 14.6. The average molecular weight is 295 g/mol. The van der Waals surface area contributed by atoms with Crippen LogP contribution in [0, 0.1) is 11.3 Å². The summed E-state index contributed by atoms with van der Waals surface area (Å²) >= 11 is 0. The summed E-state index contributed by atoms with van der Waals surface area (Å²) in [4.78, 5) is 0.234. The number of nitrogens with zero attached hydrogens (tertiary/aromatic N) is 2. The van der Waals surface area contributed by atoms with Crippen molar-refractivity contribution in [2.24, 2.45) is 0 Å². The number of sulfonamides is 1. The molecule has 0 saturated carbocycles. The first-order valence-corrected chi connectivity index (χ1v) is 7.87. The number of anilines is 1. The second-order valence-electron chi connectivity index (χ2n) is 4.41. The minimum atomic E-state index is -3.56. The van der Waals surface area contributed by atoms with Crippen LogP contribution < -0.4 is 5.32 Å². The van der Waals surface area contributed by atoms with Gasteiger partial charge in [-0.25, -0.2) is 8.42 Å². The fourth-order valence-corrected chi connectivity index (χ4v) is 3.44. The number of hydrogen-bond acceptors (Lipinski definition) is 5. The highest BCUT2D eigenvalue weighted by molar-refractivity contribution is 7.89. The first-order valence-electron chi connectivity index (χ1n) is 6.43. The highest BCUT2D eigenvalue weighted by Gasteiger charge is 2.30. The van der Waals surface area contributed by atoms with Crippen LogP contribution in [0.15, 0.2) is 29.2 Å². The molecule has 1 fully saturated rings. The molecule has 1 heterocycles. The van der Waals surface area contributed by atoms with Crippen LogP contribution in [-0.2, 0) is 14.8 Å². The van der Waals surface area contributed by atoms with E-state index >= 15 is 0 Å². The summed E-state index contributed by atoms with van der Waals surface area (Å²) < 4.78 is 31.4. The third-order valence-electron chi connectivity index (χ3n) is 3.05. The van der Waals surface area contributed by atoms with Gasteiger partial charge in [0.1, 0.15) is 0 Å². The van der Waals surface area contributed by atoms with Crippen LogP contribution in [0.3, 0.4) is 0 Å². The fraction of sp³-hybridized carbons (Fsp3) is 0.462. The van der Waals surface area contributed by atoms with Gasteiger partial charge < -0.3 is 10.1 Å². The van der Waals surface area contributed by atoms with Gasteiger partial charge in [-0.2, -0.15) is 9.57 Å². The highest BCUT2D eigenvalue weighted by atomic mass is 32.2. The molecule has 1 N–H and O–H groups in total. The van der Waals surface area contributed by atoms with E-state index in [1.165, 1.54) is 4.31 Å². The number of ether oxygens (including phenoxy) is 1. The SMILES string of the molecule is CCNc1ccc(S(=O)(=O)N2CCOC(C#N)C2)cc1. The lowest BCUT2D eigenvalue weighted by Gasteiger charge is -2.28. The molecule has 0 radical (unpaired) electrons. The molecule has 0 bridgehead atoms. The average Bonchev–Trinajstić information content (AvgIpc) is 2.48. The van der Waals surface area contributed by atoms with Crippen molar-refractivity contribution in [1.82, 2.24) is 4.31 Å². The van der Waals surface area contributed by atoms with E-state index in [2.05, 4.69) is 5.32 Å².